The van der Waals surface area contributed by atoms with Crippen molar-refractivity contribution in [2.75, 3.05) is 18.8 Å². The molecule has 0 aliphatic carbocycles. The highest BCUT2D eigenvalue weighted by Crippen LogP contribution is 2.28. The molecule has 0 aromatic carbocycles. The van der Waals surface area contributed by atoms with E-state index in [1.807, 2.05) is 26.0 Å². The van der Waals surface area contributed by atoms with Gasteiger partial charge in [0.25, 0.3) is 0 Å². The Kier molecular flexibility index (Phi) is 6.15. The summed E-state index contributed by atoms with van der Waals surface area (Å²) >= 11 is 1.52. The molecule has 0 fully saturated rings. The maximum Gasteiger partial charge on any atom is 0.230 e. The van der Waals surface area contributed by atoms with Gasteiger partial charge in [0.1, 0.15) is 11.5 Å². The van der Waals surface area contributed by atoms with E-state index in [1.54, 1.807) is 0 Å². The van der Waals surface area contributed by atoms with E-state index in [4.69, 9.17) is 10.2 Å². The van der Waals surface area contributed by atoms with E-state index in [-0.39, 0.29) is 11.2 Å². The summed E-state index contributed by atoms with van der Waals surface area (Å²) < 4.78 is 5.52. The maximum absolute atomic E-state index is 11.5. The summed E-state index contributed by atoms with van der Waals surface area (Å²) in [6.07, 6.45) is 0.952. The van der Waals surface area contributed by atoms with Crippen LogP contribution in [0.4, 0.5) is 0 Å². The first-order valence-corrected chi connectivity index (χ1v) is 6.87. The zero-order valence-corrected chi connectivity index (χ0v) is 11.2. The first kappa shape index (κ1) is 14.1. The van der Waals surface area contributed by atoms with Crippen LogP contribution in [0, 0.1) is 6.92 Å². The quantitative estimate of drug-likeness (QED) is 0.781. The lowest BCUT2D eigenvalue weighted by molar-refractivity contribution is -0.118. The van der Waals surface area contributed by atoms with Crippen molar-refractivity contribution in [3.63, 3.8) is 0 Å². The van der Waals surface area contributed by atoms with E-state index in [2.05, 4.69) is 5.32 Å². The molecule has 1 amide bonds. The fourth-order valence-electron chi connectivity index (χ4n) is 1.38. The lowest BCUT2D eigenvalue weighted by Gasteiger charge is -2.11. The van der Waals surface area contributed by atoms with Gasteiger partial charge in [-0.3, -0.25) is 4.79 Å². The molecular weight excluding hydrogens is 236 g/mol. The highest BCUT2D eigenvalue weighted by molar-refractivity contribution is 8.00. The molecule has 0 saturated carbocycles. The van der Waals surface area contributed by atoms with Gasteiger partial charge in [0.05, 0.1) is 11.0 Å². The maximum atomic E-state index is 11.5. The summed E-state index contributed by atoms with van der Waals surface area (Å²) in [6.45, 7) is 5.13. The van der Waals surface area contributed by atoms with Gasteiger partial charge < -0.3 is 15.5 Å². The van der Waals surface area contributed by atoms with Crippen molar-refractivity contribution >= 4 is 17.7 Å². The van der Waals surface area contributed by atoms with Crippen LogP contribution in [0.2, 0.25) is 0 Å². The van der Waals surface area contributed by atoms with Crippen molar-refractivity contribution < 1.29 is 9.21 Å². The van der Waals surface area contributed by atoms with Crippen molar-refractivity contribution in [3.05, 3.63) is 23.7 Å². The smallest absolute Gasteiger partial charge is 0.230 e. The minimum atomic E-state index is 0.0519. The number of nitrogens with two attached hydrogens (primary N) is 1. The molecule has 0 saturated heterocycles. The highest BCUT2D eigenvalue weighted by atomic mass is 32.2. The van der Waals surface area contributed by atoms with Gasteiger partial charge >= 0.3 is 0 Å². The van der Waals surface area contributed by atoms with Crippen molar-refractivity contribution in [1.29, 1.82) is 0 Å². The number of carbonyl (C=O) groups excluding carboxylic acids is 1. The van der Waals surface area contributed by atoms with Crippen molar-refractivity contribution in [2.24, 2.45) is 5.73 Å². The van der Waals surface area contributed by atoms with Crippen LogP contribution < -0.4 is 11.1 Å². The molecule has 0 radical (unpaired) electrons. The first-order valence-electron chi connectivity index (χ1n) is 5.82. The topological polar surface area (TPSA) is 68.3 Å². The monoisotopic (exact) mass is 256 g/mol. The summed E-state index contributed by atoms with van der Waals surface area (Å²) in [4.78, 5) is 11.5. The second-order valence-electron chi connectivity index (χ2n) is 3.83. The van der Waals surface area contributed by atoms with Crippen LogP contribution in [0.5, 0.6) is 0 Å². The van der Waals surface area contributed by atoms with E-state index in [1.165, 1.54) is 11.8 Å². The molecule has 0 aliphatic heterocycles. The number of aryl methyl sites for hydroxylation is 1. The molecule has 0 bridgehead atoms. The third kappa shape index (κ3) is 4.83. The first-order chi connectivity index (χ1) is 8.17. The minimum Gasteiger partial charge on any atom is -0.465 e. The molecule has 0 aliphatic rings. The predicted molar refractivity (Wildman–Crippen MR) is 71.0 cm³/mol. The third-order valence-corrected chi connectivity index (χ3v) is 3.54. The standard InChI is InChI=1S/C12H20N2O2S/c1-3-6-14-12(15)8-17-11(7-13)10-5-4-9(2)16-10/h4-5,11H,3,6-8,13H2,1-2H3,(H,14,15). The number of amides is 1. The van der Waals surface area contributed by atoms with E-state index >= 15 is 0 Å². The van der Waals surface area contributed by atoms with Crippen LogP contribution in [0.25, 0.3) is 0 Å². The number of carbonyl (C=O) groups is 1. The predicted octanol–water partition coefficient (Wildman–Crippen LogP) is 1.85. The van der Waals surface area contributed by atoms with Gasteiger partial charge in [-0.25, -0.2) is 0 Å². The van der Waals surface area contributed by atoms with E-state index < -0.39 is 0 Å². The molecule has 1 unspecified atom stereocenters. The van der Waals surface area contributed by atoms with Gasteiger partial charge in [-0.1, -0.05) is 6.92 Å². The van der Waals surface area contributed by atoms with Crippen LogP contribution in [-0.4, -0.2) is 24.7 Å². The Hall–Kier alpha value is -0.940. The Morgan fingerprint density at radius 3 is 2.88 bits per heavy atom. The Labute approximate surface area is 106 Å². The lowest BCUT2D eigenvalue weighted by atomic mass is 10.3. The second-order valence-corrected chi connectivity index (χ2v) is 5.02. The van der Waals surface area contributed by atoms with Crippen LogP contribution in [0.15, 0.2) is 16.5 Å². The van der Waals surface area contributed by atoms with Crippen LogP contribution in [0.3, 0.4) is 0 Å². The molecular formula is C12H20N2O2S. The van der Waals surface area contributed by atoms with Gasteiger partial charge in [0, 0.05) is 13.1 Å². The van der Waals surface area contributed by atoms with Gasteiger partial charge in [-0.05, 0) is 25.5 Å². The zero-order valence-electron chi connectivity index (χ0n) is 10.4. The summed E-state index contributed by atoms with van der Waals surface area (Å²) in [5.74, 6) is 2.19. The van der Waals surface area contributed by atoms with Gasteiger partial charge in [0.2, 0.25) is 5.91 Å². The van der Waals surface area contributed by atoms with Crippen molar-refractivity contribution in [3.8, 4) is 0 Å². The van der Waals surface area contributed by atoms with Crippen molar-refractivity contribution in [2.45, 2.75) is 25.5 Å². The number of thioether (sulfide) groups is 1. The van der Waals surface area contributed by atoms with Crippen molar-refractivity contribution in [1.82, 2.24) is 5.32 Å². The normalized spacial score (nSPS) is 12.4. The van der Waals surface area contributed by atoms with Gasteiger partial charge in [-0.2, -0.15) is 0 Å². The van der Waals surface area contributed by atoms with E-state index in [0.717, 1.165) is 24.5 Å². The lowest BCUT2D eigenvalue weighted by Crippen LogP contribution is -2.26. The number of nitrogens with one attached hydrogen (secondary N) is 1. The number of furan rings is 1. The Morgan fingerprint density at radius 2 is 2.35 bits per heavy atom. The largest absolute Gasteiger partial charge is 0.465 e. The number of hydrogen-bond donors (Lipinski definition) is 2. The number of rotatable bonds is 7. The fourth-order valence-corrected chi connectivity index (χ4v) is 2.27. The summed E-state index contributed by atoms with van der Waals surface area (Å²) in [7, 11) is 0. The minimum absolute atomic E-state index is 0.0519. The Balaban J connectivity index is 2.40. The molecule has 3 N–H and O–H groups in total. The summed E-state index contributed by atoms with van der Waals surface area (Å²) in [5.41, 5.74) is 5.69. The highest BCUT2D eigenvalue weighted by Gasteiger charge is 2.15. The number of hydrogen-bond acceptors (Lipinski definition) is 4. The Morgan fingerprint density at radius 1 is 1.59 bits per heavy atom. The molecule has 96 valence electrons. The van der Waals surface area contributed by atoms with Crippen LogP contribution >= 0.6 is 11.8 Å². The van der Waals surface area contributed by atoms with E-state index in [9.17, 15) is 4.79 Å². The molecule has 4 nitrogen and oxygen atoms in total. The Bertz CT molecular complexity index is 352. The third-order valence-electron chi connectivity index (χ3n) is 2.28. The summed E-state index contributed by atoms with van der Waals surface area (Å²) in [5, 5.41) is 2.89. The molecule has 5 heteroatoms. The van der Waals surface area contributed by atoms with E-state index in [0.29, 0.717) is 12.3 Å². The van der Waals surface area contributed by atoms with Gasteiger partial charge in [-0.15, -0.1) is 11.8 Å². The second kappa shape index (κ2) is 7.40. The zero-order chi connectivity index (χ0) is 12.7. The average molecular weight is 256 g/mol. The van der Waals surface area contributed by atoms with Crippen LogP contribution in [0.1, 0.15) is 30.1 Å². The molecule has 1 aromatic rings. The average Bonchev–Trinajstić information content (AvgIpc) is 2.74. The molecule has 0 spiro atoms. The summed E-state index contributed by atoms with van der Waals surface area (Å²) in [6, 6.07) is 3.83. The molecule has 17 heavy (non-hydrogen) atoms. The molecule has 1 heterocycles. The fraction of sp³-hybridized carbons (Fsp3) is 0.583. The molecule has 1 atom stereocenters. The molecule has 1 rings (SSSR count). The van der Waals surface area contributed by atoms with Gasteiger partial charge in [0.15, 0.2) is 0 Å². The van der Waals surface area contributed by atoms with Crippen LogP contribution in [-0.2, 0) is 4.79 Å². The SMILES string of the molecule is CCCNC(=O)CSC(CN)c1ccc(C)o1. The molecule has 1 aromatic heterocycles.